The van der Waals surface area contributed by atoms with Crippen LogP contribution in [0.4, 0.5) is 17.1 Å². The van der Waals surface area contributed by atoms with Gasteiger partial charge in [-0.05, 0) is 73.7 Å². The average molecular weight is 620 g/mol. The minimum Gasteiger partial charge on any atom is -0.421 e. The number of nitrogens with zero attached hydrogens (tertiary/aromatic N) is 3. The molecule has 3 heterocycles. The van der Waals surface area contributed by atoms with E-state index < -0.39 is 0 Å². The highest BCUT2D eigenvalue weighted by molar-refractivity contribution is 6.98. The summed E-state index contributed by atoms with van der Waals surface area (Å²) >= 11 is 0. The monoisotopic (exact) mass is 619 g/mol. The number of aromatic nitrogens is 2. The maximum absolute atomic E-state index is 6.24. The van der Waals surface area contributed by atoms with Gasteiger partial charge in [0.1, 0.15) is 0 Å². The number of aryl methyl sites for hydroxylation is 3. The van der Waals surface area contributed by atoms with Crippen molar-refractivity contribution in [3.63, 3.8) is 0 Å². The van der Waals surface area contributed by atoms with Crippen LogP contribution in [0.25, 0.3) is 22.5 Å². The molecule has 1 aliphatic heterocycles. The second kappa shape index (κ2) is 12.3. The number of pyridine rings is 2. The quantitative estimate of drug-likeness (QED) is 0.174. The maximum atomic E-state index is 6.24. The third kappa shape index (κ3) is 5.43. The molecule has 0 saturated heterocycles. The van der Waals surface area contributed by atoms with Gasteiger partial charge in [0.25, 0.3) is 0 Å². The molecular weight excluding hydrogens is 585 g/mol. The summed E-state index contributed by atoms with van der Waals surface area (Å²) in [6.07, 6.45) is 0. The van der Waals surface area contributed by atoms with Gasteiger partial charge in [0.2, 0.25) is 18.5 Å². The molecule has 0 N–H and O–H groups in total. The number of benzene rings is 5. The van der Waals surface area contributed by atoms with Gasteiger partial charge in [-0.3, -0.25) is 0 Å². The number of fused-ring (bicyclic) bond motifs is 2. The molecule has 1 aliphatic rings. The molecule has 7 aromatic rings. The van der Waals surface area contributed by atoms with E-state index in [0.717, 1.165) is 28.2 Å². The van der Waals surface area contributed by atoms with E-state index in [1.807, 2.05) is 66.7 Å². The Bertz CT molecular complexity index is 2250. The molecule has 0 bridgehead atoms. The number of hydrogen-bond acceptors (Lipinski definition) is 4. The molecule has 5 aromatic carbocycles. The first kappa shape index (κ1) is 29.5. The number of ether oxygens (including phenoxy) is 1. The summed E-state index contributed by atoms with van der Waals surface area (Å²) in [5.74, 6) is 1.01. The fraction of sp³-hybridized carbons (Fsp3) is 0.0698. The molecular formula is C43H34BN3O. The fourth-order valence-corrected chi connectivity index (χ4v) is 7.17. The summed E-state index contributed by atoms with van der Waals surface area (Å²) in [4.78, 5) is 12.1. The van der Waals surface area contributed by atoms with E-state index in [-0.39, 0.29) is 6.71 Å². The first-order valence-corrected chi connectivity index (χ1v) is 16.4. The summed E-state index contributed by atoms with van der Waals surface area (Å²) in [6.45, 7) is 6.72. The molecule has 0 unspecified atom stereocenters. The van der Waals surface area contributed by atoms with Crippen molar-refractivity contribution in [3.8, 4) is 34.3 Å². The minimum absolute atomic E-state index is 0.0565. The fourth-order valence-electron chi connectivity index (χ4n) is 7.17. The largest absolute Gasteiger partial charge is 0.421 e. The predicted molar refractivity (Wildman–Crippen MR) is 199 cm³/mol. The highest BCUT2D eigenvalue weighted by atomic mass is 16.5. The summed E-state index contributed by atoms with van der Waals surface area (Å²) in [5, 5.41) is 0. The van der Waals surface area contributed by atoms with Crippen molar-refractivity contribution in [2.45, 2.75) is 20.8 Å². The molecule has 0 spiro atoms. The third-order valence-corrected chi connectivity index (χ3v) is 9.13. The molecule has 4 nitrogen and oxygen atoms in total. The van der Waals surface area contributed by atoms with Crippen LogP contribution in [-0.2, 0) is 0 Å². The van der Waals surface area contributed by atoms with Crippen LogP contribution in [0.5, 0.6) is 11.8 Å². The average Bonchev–Trinajstić information content (AvgIpc) is 3.12. The highest BCUT2D eigenvalue weighted by Gasteiger charge is 2.36. The lowest BCUT2D eigenvalue weighted by Gasteiger charge is -2.38. The minimum atomic E-state index is 0.0565. The van der Waals surface area contributed by atoms with Gasteiger partial charge < -0.3 is 9.64 Å². The maximum Gasteiger partial charge on any atom is 0.247 e. The van der Waals surface area contributed by atoms with Crippen LogP contribution in [-0.4, -0.2) is 16.7 Å². The van der Waals surface area contributed by atoms with Gasteiger partial charge in [-0.1, -0.05) is 125 Å². The number of para-hydroxylation sites is 2. The van der Waals surface area contributed by atoms with E-state index >= 15 is 0 Å². The van der Waals surface area contributed by atoms with Crippen LogP contribution < -0.4 is 26.0 Å². The predicted octanol–water partition coefficient (Wildman–Crippen LogP) is 8.83. The zero-order valence-electron chi connectivity index (χ0n) is 27.3. The molecule has 0 amide bonds. The van der Waals surface area contributed by atoms with Gasteiger partial charge in [-0.25, -0.2) is 9.97 Å². The zero-order valence-corrected chi connectivity index (χ0v) is 27.3. The van der Waals surface area contributed by atoms with Crippen LogP contribution in [0, 0.1) is 20.8 Å². The second-order valence-electron chi connectivity index (χ2n) is 12.4. The Balaban J connectivity index is 1.24. The van der Waals surface area contributed by atoms with Crippen molar-refractivity contribution in [1.29, 1.82) is 0 Å². The molecule has 2 aromatic heterocycles. The molecule has 48 heavy (non-hydrogen) atoms. The van der Waals surface area contributed by atoms with Gasteiger partial charge in [0, 0.05) is 34.8 Å². The standard InChI is InChI=1S/C43H34BN3O/c1-29-26-30(2)43(31(3)27-29)44-35-18-10-11-21-39(35)47(34-16-8-5-9-17-34)40-25-24-33(28-36(40)44)38-20-13-23-42(46-38)48-41-22-12-19-37(45-41)32-14-6-4-7-15-32/h4-28H,1-3H3. The summed E-state index contributed by atoms with van der Waals surface area (Å²) in [6, 6.07) is 52.7. The second-order valence-corrected chi connectivity index (χ2v) is 12.4. The first-order valence-electron chi connectivity index (χ1n) is 16.4. The lowest BCUT2D eigenvalue weighted by molar-refractivity contribution is 0.446. The Morgan fingerprint density at radius 1 is 0.500 bits per heavy atom. The van der Waals surface area contributed by atoms with E-state index in [4.69, 9.17) is 14.7 Å². The van der Waals surface area contributed by atoms with Gasteiger partial charge in [-0.2, -0.15) is 0 Å². The van der Waals surface area contributed by atoms with Crippen LogP contribution in [0.3, 0.4) is 0 Å². The van der Waals surface area contributed by atoms with Crippen LogP contribution in [0.2, 0.25) is 0 Å². The van der Waals surface area contributed by atoms with Crippen LogP contribution >= 0.6 is 0 Å². The third-order valence-electron chi connectivity index (χ3n) is 9.13. The molecule has 8 rings (SSSR count). The number of hydrogen-bond donors (Lipinski definition) is 0. The van der Waals surface area contributed by atoms with Crippen molar-refractivity contribution in [3.05, 3.63) is 168 Å². The summed E-state index contributed by atoms with van der Waals surface area (Å²) < 4.78 is 6.24. The van der Waals surface area contributed by atoms with E-state index in [9.17, 15) is 0 Å². The molecule has 230 valence electrons. The Morgan fingerprint density at radius 3 is 1.77 bits per heavy atom. The normalized spacial score (nSPS) is 12.0. The van der Waals surface area contributed by atoms with Gasteiger partial charge in [-0.15, -0.1) is 0 Å². The van der Waals surface area contributed by atoms with Gasteiger partial charge in [0.05, 0.1) is 11.4 Å². The molecule has 0 fully saturated rings. The van der Waals surface area contributed by atoms with Crippen molar-refractivity contribution in [2.24, 2.45) is 0 Å². The molecule has 0 saturated carbocycles. The molecule has 0 aliphatic carbocycles. The summed E-state index contributed by atoms with van der Waals surface area (Å²) in [5.41, 5.74) is 15.0. The zero-order chi connectivity index (χ0) is 32.6. The molecule has 5 heteroatoms. The Hall–Kier alpha value is -5.94. The van der Waals surface area contributed by atoms with Crippen molar-refractivity contribution >= 4 is 40.2 Å². The van der Waals surface area contributed by atoms with Crippen molar-refractivity contribution in [1.82, 2.24) is 9.97 Å². The highest BCUT2D eigenvalue weighted by Crippen LogP contribution is 2.37. The lowest BCUT2D eigenvalue weighted by atomic mass is 9.33. The SMILES string of the molecule is Cc1cc(C)c(B2c3ccccc3N(c3ccccc3)c3ccc(-c4cccc(Oc5cccc(-c6ccccc6)n5)n4)cc32)c(C)c1. The molecule has 0 radical (unpaired) electrons. The number of rotatable bonds is 6. The lowest BCUT2D eigenvalue weighted by Crippen LogP contribution is -2.58. The Morgan fingerprint density at radius 2 is 1.08 bits per heavy atom. The Kier molecular flexibility index (Phi) is 7.58. The van der Waals surface area contributed by atoms with E-state index in [0.29, 0.717) is 11.8 Å². The number of anilines is 3. The smallest absolute Gasteiger partial charge is 0.247 e. The van der Waals surface area contributed by atoms with Crippen molar-refractivity contribution in [2.75, 3.05) is 4.90 Å². The topological polar surface area (TPSA) is 38.2 Å². The van der Waals surface area contributed by atoms with Crippen LogP contribution in [0.15, 0.2) is 152 Å². The van der Waals surface area contributed by atoms with Crippen LogP contribution in [0.1, 0.15) is 16.7 Å². The van der Waals surface area contributed by atoms with Gasteiger partial charge >= 0.3 is 0 Å². The van der Waals surface area contributed by atoms with Crippen molar-refractivity contribution < 1.29 is 4.74 Å². The Labute approximate surface area is 282 Å². The first-order chi connectivity index (χ1) is 23.5. The molecule has 0 atom stereocenters. The van der Waals surface area contributed by atoms with E-state index in [1.54, 1.807) is 0 Å². The van der Waals surface area contributed by atoms with Gasteiger partial charge in [0.15, 0.2) is 0 Å². The summed E-state index contributed by atoms with van der Waals surface area (Å²) in [7, 11) is 0. The van der Waals surface area contributed by atoms with E-state index in [1.165, 1.54) is 44.5 Å². The van der Waals surface area contributed by atoms with E-state index in [2.05, 4.69) is 111 Å².